The Morgan fingerprint density at radius 1 is 1.33 bits per heavy atom. The number of aromatic nitrogens is 2. The van der Waals surface area contributed by atoms with Crippen LogP contribution in [0.3, 0.4) is 0 Å². The minimum Gasteiger partial charge on any atom is -0.286 e. The minimum absolute atomic E-state index is 0.269. The molecule has 0 amide bonds. The monoisotopic (exact) mass is 305 g/mol. The van der Waals surface area contributed by atoms with Gasteiger partial charge >= 0.3 is 5.66 Å². The fourth-order valence-electron chi connectivity index (χ4n) is 1.94. The molecule has 1 aromatic heterocycles. The van der Waals surface area contributed by atoms with Crippen molar-refractivity contribution in [2.75, 3.05) is 0 Å². The van der Waals surface area contributed by atoms with Gasteiger partial charge in [-0.1, -0.05) is 0 Å². The molecule has 0 aliphatic heterocycles. The van der Waals surface area contributed by atoms with Crippen LogP contribution in [0.2, 0.25) is 0 Å². The molecule has 18 heavy (non-hydrogen) atoms. The smallest absolute Gasteiger partial charge is 0.286 e. The highest BCUT2D eigenvalue weighted by Gasteiger charge is 2.54. The molecule has 1 fully saturated rings. The second-order valence-electron chi connectivity index (χ2n) is 4.36. The van der Waals surface area contributed by atoms with Crippen LogP contribution in [0.15, 0.2) is 35.2 Å². The van der Waals surface area contributed by atoms with Gasteiger partial charge in [-0.25, -0.2) is 15.9 Å². The van der Waals surface area contributed by atoms with Crippen LogP contribution < -0.4 is 0 Å². The summed E-state index contributed by atoms with van der Waals surface area (Å²) in [6.45, 7) is 7.25. The van der Waals surface area contributed by atoms with Gasteiger partial charge in [-0.2, -0.15) is 0 Å². The molecule has 3 nitrogen and oxygen atoms in total. The molecule has 2 aromatic rings. The maximum absolute atomic E-state index is 12.9. The van der Waals surface area contributed by atoms with Crippen molar-refractivity contribution < 1.29 is 4.39 Å². The van der Waals surface area contributed by atoms with Crippen molar-refractivity contribution in [2.24, 2.45) is 0 Å². The molecule has 0 bridgehead atoms. The van der Waals surface area contributed by atoms with Gasteiger partial charge in [-0.15, -0.1) is 0 Å². The summed E-state index contributed by atoms with van der Waals surface area (Å²) in [7, 11) is 0. The Morgan fingerprint density at radius 3 is 2.56 bits per heavy atom. The van der Waals surface area contributed by atoms with Crippen molar-refractivity contribution in [1.82, 2.24) is 9.55 Å². The third-order valence-electron chi connectivity index (χ3n) is 3.18. The quantitative estimate of drug-likeness (QED) is 0.773. The van der Waals surface area contributed by atoms with Gasteiger partial charge in [0.1, 0.15) is 22.4 Å². The molecule has 0 saturated heterocycles. The Morgan fingerprint density at radius 2 is 2.00 bits per heavy atom. The first-order valence-corrected chi connectivity index (χ1v) is 6.33. The summed E-state index contributed by atoms with van der Waals surface area (Å²) in [5.74, 6) is -0.269. The molecular weight excluding hydrogens is 297 g/mol. The van der Waals surface area contributed by atoms with E-state index in [9.17, 15) is 4.39 Å². The lowest BCUT2D eigenvalue weighted by molar-refractivity contribution is 0.579. The lowest BCUT2D eigenvalue weighted by Gasteiger charge is -2.05. The summed E-state index contributed by atoms with van der Waals surface area (Å²) >= 11 is 3.49. The van der Waals surface area contributed by atoms with E-state index in [-0.39, 0.29) is 5.82 Å². The first kappa shape index (κ1) is 11.4. The van der Waals surface area contributed by atoms with Crippen molar-refractivity contribution >= 4 is 15.9 Å². The lowest BCUT2D eigenvalue weighted by Crippen LogP contribution is -2.10. The number of benzene rings is 1. The molecule has 3 rings (SSSR count). The summed E-state index contributed by atoms with van der Waals surface area (Å²) < 4.78 is 15.5. The van der Waals surface area contributed by atoms with Gasteiger partial charge in [0.25, 0.3) is 0 Å². The predicted molar refractivity (Wildman–Crippen MR) is 69.1 cm³/mol. The van der Waals surface area contributed by atoms with Crippen molar-refractivity contribution in [3.63, 3.8) is 0 Å². The van der Waals surface area contributed by atoms with Gasteiger partial charge in [0.05, 0.1) is 12.8 Å². The first-order chi connectivity index (χ1) is 8.66. The van der Waals surface area contributed by atoms with Crippen LogP contribution in [0, 0.1) is 12.4 Å². The van der Waals surface area contributed by atoms with E-state index in [1.54, 1.807) is 18.5 Å². The van der Waals surface area contributed by atoms with Crippen LogP contribution in [0.4, 0.5) is 4.39 Å². The van der Waals surface area contributed by atoms with Crippen LogP contribution in [0.1, 0.15) is 12.8 Å². The van der Waals surface area contributed by atoms with Gasteiger partial charge in [0, 0.05) is 5.56 Å². The maximum atomic E-state index is 12.9. The summed E-state index contributed by atoms with van der Waals surface area (Å²) in [6, 6.07) is 6.18. The molecule has 1 aliphatic carbocycles. The minimum atomic E-state index is -0.454. The Labute approximate surface area is 112 Å². The van der Waals surface area contributed by atoms with Gasteiger partial charge in [-0.05, 0) is 40.2 Å². The van der Waals surface area contributed by atoms with E-state index in [2.05, 4.69) is 25.8 Å². The first-order valence-electron chi connectivity index (χ1n) is 5.54. The second kappa shape index (κ2) is 3.92. The number of halogens is 2. The highest BCUT2D eigenvalue weighted by Crippen LogP contribution is 2.47. The highest BCUT2D eigenvalue weighted by atomic mass is 79.9. The molecule has 1 saturated carbocycles. The van der Waals surface area contributed by atoms with Gasteiger partial charge in [0.2, 0.25) is 0 Å². The summed E-state index contributed by atoms with van der Waals surface area (Å²) in [6.07, 6.45) is 3.39. The Kier molecular flexibility index (Phi) is 2.49. The topological polar surface area (TPSA) is 22.2 Å². The average Bonchev–Trinajstić information content (AvgIpc) is 3.08. The molecule has 0 radical (unpaired) electrons. The van der Waals surface area contributed by atoms with E-state index in [1.165, 1.54) is 12.1 Å². The number of rotatable bonds is 2. The van der Waals surface area contributed by atoms with E-state index in [0.29, 0.717) is 0 Å². The number of nitrogens with zero attached hydrogens (tertiary/aromatic N) is 3. The normalized spacial score (nSPS) is 16.3. The molecule has 0 unspecified atom stereocenters. The van der Waals surface area contributed by atoms with Crippen molar-refractivity contribution in [3.05, 3.63) is 52.4 Å². The van der Waals surface area contributed by atoms with Crippen LogP contribution in [0.5, 0.6) is 0 Å². The van der Waals surface area contributed by atoms with Crippen LogP contribution in [0.25, 0.3) is 16.1 Å². The SMILES string of the molecule is [C-]#[N+]C1(n2cnc(-c3ccc(F)cc3)c2Br)CC1. The van der Waals surface area contributed by atoms with E-state index in [0.717, 1.165) is 28.7 Å². The van der Waals surface area contributed by atoms with Gasteiger partial charge in [-0.3, -0.25) is 9.41 Å². The van der Waals surface area contributed by atoms with Gasteiger partial charge < -0.3 is 0 Å². The Bertz CT molecular complexity index is 635. The van der Waals surface area contributed by atoms with E-state index in [1.807, 2.05) is 4.57 Å². The van der Waals surface area contributed by atoms with Crippen molar-refractivity contribution in [3.8, 4) is 11.3 Å². The second-order valence-corrected chi connectivity index (χ2v) is 5.11. The molecule has 1 heterocycles. The number of imidazole rings is 1. The van der Waals surface area contributed by atoms with Crippen molar-refractivity contribution in [2.45, 2.75) is 18.5 Å². The van der Waals surface area contributed by atoms with E-state index >= 15 is 0 Å². The molecule has 0 N–H and O–H groups in total. The molecule has 0 spiro atoms. The lowest BCUT2D eigenvalue weighted by atomic mass is 10.2. The summed E-state index contributed by atoms with van der Waals surface area (Å²) in [5, 5.41) is 0. The largest absolute Gasteiger partial charge is 0.313 e. The summed E-state index contributed by atoms with van der Waals surface area (Å²) in [5.41, 5.74) is 1.12. The zero-order valence-electron chi connectivity index (χ0n) is 9.40. The van der Waals surface area contributed by atoms with Gasteiger partial charge in [0.15, 0.2) is 0 Å². The molecule has 5 heteroatoms. The number of hydrogen-bond donors (Lipinski definition) is 0. The standard InChI is InChI=1S/C13H9BrFN3/c1-16-13(6-7-13)18-8-17-11(12(18)14)9-2-4-10(15)5-3-9/h2-5,8H,6-7H2. The zero-order valence-corrected chi connectivity index (χ0v) is 11.0. The molecular formula is C13H9BrFN3. The fraction of sp³-hybridized carbons (Fsp3) is 0.231. The number of hydrogen-bond acceptors (Lipinski definition) is 1. The highest BCUT2D eigenvalue weighted by molar-refractivity contribution is 9.10. The predicted octanol–water partition coefficient (Wildman–Crippen LogP) is 3.82. The maximum Gasteiger partial charge on any atom is 0.313 e. The molecule has 0 atom stereocenters. The van der Waals surface area contributed by atoms with Crippen LogP contribution in [-0.4, -0.2) is 9.55 Å². The third kappa shape index (κ3) is 1.65. The molecule has 1 aliphatic rings. The third-order valence-corrected chi connectivity index (χ3v) is 3.94. The van der Waals surface area contributed by atoms with E-state index < -0.39 is 5.66 Å². The average molecular weight is 306 g/mol. The zero-order chi connectivity index (χ0) is 12.8. The van der Waals surface area contributed by atoms with Crippen molar-refractivity contribution in [1.29, 1.82) is 0 Å². The molecule has 1 aromatic carbocycles. The van der Waals surface area contributed by atoms with Crippen LogP contribution >= 0.6 is 15.9 Å². The Balaban J connectivity index is 2.05. The van der Waals surface area contributed by atoms with E-state index in [4.69, 9.17) is 6.57 Å². The Hall–Kier alpha value is -1.67. The van der Waals surface area contributed by atoms with Crippen LogP contribution in [-0.2, 0) is 5.66 Å². The summed E-state index contributed by atoms with van der Waals surface area (Å²) in [4.78, 5) is 7.99. The fourth-order valence-corrected chi connectivity index (χ4v) is 2.70. The molecule has 90 valence electrons.